The number of rotatable bonds is 6. The molecular weight excluding hydrogens is 280 g/mol. The van der Waals surface area contributed by atoms with Crippen molar-refractivity contribution < 1.29 is 9.59 Å². The van der Waals surface area contributed by atoms with Crippen LogP contribution in [0.15, 0.2) is 24.3 Å². The molecule has 0 aliphatic rings. The van der Waals surface area contributed by atoms with E-state index in [1.54, 1.807) is 21.0 Å². The first-order chi connectivity index (χ1) is 10.4. The zero-order valence-electron chi connectivity index (χ0n) is 14.0. The lowest BCUT2D eigenvalue weighted by Gasteiger charge is -2.22. The van der Waals surface area contributed by atoms with E-state index in [1.807, 2.05) is 31.3 Å². The molecule has 0 fully saturated rings. The van der Waals surface area contributed by atoms with Crippen LogP contribution in [-0.4, -0.2) is 51.1 Å². The monoisotopic (exact) mass is 306 g/mol. The molecule has 0 saturated carbocycles. The summed E-state index contributed by atoms with van der Waals surface area (Å²) < 4.78 is 0. The van der Waals surface area contributed by atoms with Gasteiger partial charge in [-0.25, -0.2) is 4.79 Å². The Morgan fingerprint density at radius 2 is 1.95 bits per heavy atom. The van der Waals surface area contributed by atoms with Crippen LogP contribution in [0, 0.1) is 5.92 Å². The maximum absolute atomic E-state index is 12.2. The van der Waals surface area contributed by atoms with Gasteiger partial charge >= 0.3 is 6.03 Å². The minimum Gasteiger partial charge on any atom is -0.375 e. The molecule has 122 valence electrons. The molecule has 0 aliphatic heterocycles. The zero-order chi connectivity index (χ0) is 16.7. The number of hydrogen-bond donors (Lipinski definition) is 2. The molecule has 2 N–H and O–H groups in total. The minimum absolute atomic E-state index is 0.0776. The zero-order valence-corrected chi connectivity index (χ0v) is 14.0. The Labute approximate surface area is 132 Å². The van der Waals surface area contributed by atoms with E-state index in [4.69, 9.17) is 0 Å². The number of carbonyl (C=O) groups excluding carboxylic acids is 2. The normalized spacial score (nSPS) is 11.5. The molecule has 22 heavy (non-hydrogen) atoms. The predicted octanol–water partition coefficient (Wildman–Crippen LogP) is 1.99. The highest BCUT2D eigenvalue weighted by Crippen LogP contribution is 2.18. The summed E-state index contributed by atoms with van der Waals surface area (Å²) in [7, 11) is 5.27. The maximum atomic E-state index is 12.2. The van der Waals surface area contributed by atoms with E-state index in [9.17, 15) is 9.59 Å². The van der Waals surface area contributed by atoms with Gasteiger partial charge in [-0.3, -0.25) is 4.79 Å². The average Bonchev–Trinajstić information content (AvgIpc) is 2.53. The lowest BCUT2D eigenvalue weighted by atomic mass is 10.1. The summed E-state index contributed by atoms with van der Waals surface area (Å²) in [6, 6.07) is 7.45. The second-order valence-electron chi connectivity index (χ2n) is 5.39. The second-order valence-corrected chi connectivity index (χ2v) is 5.39. The van der Waals surface area contributed by atoms with Gasteiger partial charge in [0.15, 0.2) is 0 Å². The third-order valence-corrected chi connectivity index (χ3v) is 3.60. The number of carbonyl (C=O) groups is 2. The van der Waals surface area contributed by atoms with Crippen molar-refractivity contribution in [3.05, 3.63) is 24.3 Å². The molecule has 0 radical (unpaired) electrons. The summed E-state index contributed by atoms with van der Waals surface area (Å²) in [5.74, 6) is -0.329. The van der Waals surface area contributed by atoms with E-state index in [-0.39, 0.29) is 17.9 Å². The van der Waals surface area contributed by atoms with Crippen LogP contribution in [0.4, 0.5) is 16.2 Å². The Balaban J connectivity index is 2.66. The van der Waals surface area contributed by atoms with Crippen LogP contribution in [0.2, 0.25) is 0 Å². The van der Waals surface area contributed by atoms with Crippen molar-refractivity contribution >= 4 is 23.3 Å². The number of urea groups is 1. The number of anilines is 2. The SMILES string of the molecule is CCN(C)c1cccc(NC(=O)N(C)CC(C)C(=O)NC)c1. The predicted molar refractivity (Wildman–Crippen MR) is 90.3 cm³/mol. The molecule has 3 amide bonds. The number of amides is 3. The average molecular weight is 306 g/mol. The first-order valence-electron chi connectivity index (χ1n) is 7.44. The topological polar surface area (TPSA) is 64.7 Å². The fourth-order valence-corrected chi connectivity index (χ4v) is 2.05. The van der Waals surface area contributed by atoms with Gasteiger partial charge in [0, 0.05) is 45.6 Å². The summed E-state index contributed by atoms with van der Waals surface area (Å²) in [5.41, 5.74) is 1.78. The molecule has 6 nitrogen and oxygen atoms in total. The van der Waals surface area contributed by atoms with Gasteiger partial charge in [-0.15, -0.1) is 0 Å². The van der Waals surface area contributed by atoms with Gasteiger partial charge in [0.2, 0.25) is 5.91 Å². The molecule has 1 aromatic rings. The first kappa shape index (κ1) is 17.8. The summed E-state index contributed by atoms with van der Waals surface area (Å²) in [6.45, 7) is 5.11. The summed E-state index contributed by atoms with van der Waals surface area (Å²) >= 11 is 0. The Morgan fingerprint density at radius 3 is 2.55 bits per heavy atom. The van der Waals surface area contributed by atoms with Crippen molar-refractivity contribution in [1.29, 1.82) is 0 Å². The number of benzene rings is 1. The highest BCUT2D eigenvalue weighted by molar-refractivity contribution is 5.90. The Kier molecular flexibility index (Phi) is 6.69. The minimum atomic E-state index is -0.252. The summed E-state index contributed by atoms with van der Waals surface area (Å²) in [4.78, 5) is 27.3. The van der Waals surface area contributed by atoms with Gasteiger partial charge in [0.25, 0.3) is 0 Å². The molecule has 0 aliphatic carbocycles. The Bertz CT molecular complexity index is 519. The molecule has 0 spiro atoms. The smallest absolute Gasteiger partial charge is 0.321 e. The van der Waals surface area contributed by atoms with Gasteiger partial charge in [0.1, 0.15) is 0 Å². The summed E-state index contributed by atoms with van der Waals surface area (Å²) in [6.07, 6.45) is 0. The quantitative estimate of drug-likeness (QED) is 0.845. The van der Waals surface area contributed by atoms with Crippen molar-refractivity contribution in [1.82, 2.24) is 10.2 Å². The molecule has 1 aromatic carbocycles. The number of nitrogens with zero attached hydrogens (tertiary/aromatic N) is 2. The highest BCUT2D eigenvalue weighted by atomic mass is 16.2. The fraction of sp³-hybridized carbons (Fsp3) is 0.500. The molecule has 0 heterocycles. The van der Waals surface area contributed by atoms with Gasteiger partial charge < -0.3 is 20.4 Å². The lowest BCUT2D eigenvalue weighted by molar-refractivity contribution is -0.124. The van der Waals surface area contributed by atoms with Crippen LogP contribution >= 0.6 is 0 Å². The third kappa shape index (κ3) is 4.95. The van der Waals surface area contributed by atoms with Gasteiger partial charge in [-0.2, -0.15) is 0 Å². The molecule has 0 bridgehead atoms. The largest absolute Gasteiger partial charge is 0.375 e. The molecule has 0 aromatic heterocycles. The standard InChI is InChI=1S/C16H26N4O2/c1-6-19(4)14-9-7-8-13(10-14)18-16(22)20(5)11-12(2)15(21)17-3/h7-10,12H,6,11H2,1-5H3,(H,17,21)(H,18,22). The molecule has 1 unspecified atom stereocenters. The molecule has 1 atom stereocenters. The lowest BCUT2D eigenvalue weighted by Crippen LogP contribution is -2.39. The fourth-order valence-electron chi connectivity index (χ4n) is 2.05. The van der Waals surface area contributed by atoms with E-state index >= 15 is 0 Å². The van der Waals surface area contributed by atoms with Crippen molar-refractivity contribution in [2.45, 2.75) is 13.8 Å². The molecular formula is C16H26N4O2. The van der Waals surface area contributed by atoms with E-state index in [1.165, 1.54) is 4.90 Å². The van der Waals surface area contributed by atoms with Crippen LogP contribution < -0.4 is 15.5 Å². The van der Waals surface area contributed by atoms with Crippen molar-refractivity contribution in [3.8, 4) is 0 Å². The van der Waals surface area contributed by atoms with Crippen molar-refractivity contribution in [2.24, 2.45) is 5.92 Å². The van der Waals surface area contributed by atoms with E-state index in [2.05, 4.69) is 22.5 Å². The summed E-state index contributed by atoms with van der Waals surface area (Å²) in [5, 5.41) is 5.43. The Morgan fingerprint density at radius 1 is 1.27 bits per heavy atom. The number of nitrogens with one attached hydrogen (secondary N) is 2. The van der Waals surface area contributed by atoms with Gasteiger partial charge in [-0.05, 0) is 25.1 Å². The van der Waals surface area contributed by atoms with Crippen LogP contribution in [0.3, 0.4) is 0 Å². The Hall–Kier alpha value is -2.24. The first-order valence-corrected chi connectivity index (χ1v) is 7.44. The van der Waals surface area contributed by atoms with E-state index < -0.39 is 0 Å². The van der Waals surface area contributed by atoms with Gasteiger partial charge in [-0.1, -0.05) is 13.0 Å². The van der Waals surface area contributed by atoms with Gasteiger partial charge in [0.05, 0.1) is 5.92 Å². The number of hydrogen-bond acceptors (Lipinski definition) is 3. The van der Waals surface area contributed by atoms with Crippen LogP contribution in [0.25, 0.3) is 0 Å². The molecule has 1 rings (SSSR count). The molecule has 0 saturated heterocycles. The van der Waals surface area contributed by atoms with Crippen LogP contribution in [0.5, 0.6) is 0 Å². The van der Waals surface area contributed by atoms with E-state index in [0.717, 1.165) is 17.9 Å². The maximum Gasteiger partial charge on any atom is 0.321 e. The third-order valence-electron chi connectivity index (χ3n) is 3.60. The van der Waals surface area contributed by atoms with Crippen molar-refractivity contribution in [2.75, 3.05) is 44.4 Å². The highest BCUT2D eigenvalue weighted by Gasteiger charge is 2.17. The van der Waals surface area contributed by atoms with E-state index in [0.29, 0.717) is 6.54 Å². The second kappa shape index (κ2) is 8.26. The van der Waals surface area contributed by atoms with Crippen molar-refractivity contribution in [3.63, 3.8) is 0 Å². The van der Waals surface area contributed by atoms with Crippen LogP contribution in [-0.2, 0) is 4.79 Å². The molecule has 6 heteroatoms. The van der Waals surface area contributed by atoms with Crippen LogP contribution in [0.1, 0.15) is 13.8 Å².